The lowest BCUT2D eigenvalue weighted by Crippen LogP contribution is -1.99. The zero-order valence-electron chi connectivity index (χ0n) is 7.11. The van der Waals surface area contributed by atoms with Gasteiger partial charge in [0.05, 0.1) is 6.61 Å². The second-order valence-corrected chi connectivity index (χ2v) is 2.97. The first kappa shape index (κ1) is 10.4. The average molecular weight is 251 g/mol. The largest absolute Gasteiger partial charge is 0.491 e. The highest BCUT2D eigenvalue weighted by Crippen LogP contribution is 2.24. The molecule has 1 nitrogen and oxygen atoms in total. The number of ether oxygens (including phenoxy) is 1. The lowest BCUT2D eigenvalue weighted by Gasteiger charge is -2.07. The van der Waals surface area contributed by atoms with Gasteiger partial charge in [0.2, 0.25) is 0 Å². The number of rotatable bonds is 3. The zero-order valence-corrected chi connectivity index (χ0v) is 8.70. The van der Waals surface area contributed by atoms with Crippen LogP contribution in [0.5, 0.6) is 5.75 Å². The predicted molar refractivity (Wildman–Crippen MR) is 50.2 cm³/mol. The normalized spacial score (nSPS) is 10.2. The van der Waals surface area contributed by atoms with Crippen molar-refractivity contribution in [1.29, 1.82) is 0 Å². The highest BCUT2D eigenvalue weighted by Gasteiger charge is 2.12. The molecule has 0 atom stereocenters. The fraction of sp³-hybridized carbons (Fsp3) is 0.333. The Kier molecular flexibility index (Phi) is 3.66. The van der Waals surface area contributed by atoms with Crippen molar-refractivity contribution < 1.29 is 13.5 Å². The van der Waals surface area contributed by atoms with Gasteiger partial charge in [-0.15, -0.1) is 0 Å². The molecule has 13 heavy (non-hydrogen) atoms. The van der Waals surface area contributed by atoms with Gasteiger partial charge in [-0.05, 0) is 19.1 Å². The molecule has 0 fully saturated rings. The Balaban J connectivity index is 3.11. The van der Waals surface area contributed by atoms with Gasteiger partial charge < -0.3 is 4.74 Å². The van der Waals surface area contributed by atoms with Crippen molar-refractivity contribution in [1.82, 2.24) is 0 Å². The Morgan fingerprint density at radius 2 is 2.08 bits per heavy atom. The second-order valence-electron chi connectivity index (χ2n) is 2.40. The molecule has 0 aromatic heterocycles. The molecule has 0 bridgehead atoms. The predicted octanol–water partition coefficient (Wildman–Crippen LogP) is 3.26. The van der Waals surface area contributed by atoms with Gasteiger partial charge >= 0.3 is 0 Å². The third-order valence-corrected chi connectivity index (χ3v) is 2.14. The van der Waals surface area contributed by atoms with Crippen molar-refractivity contribution in [3.05, 3.63) is 29.3 Å². The van der Waals surface area contributed by atoms with Crippen LogP contribution in [0.4, 0.5) is 8.78 Å². The minimum atomic E-state index is -0.626. The third kappa shape index (κ3) is 2.18. The molecule has 72 valence electrons. The van der Waals surface area contributed by atoms with Crippen molar-refractivity contribution in [3.8, 4) is 5.75 Å². The summed E-state index contributed by atoms with van der Waals surface area (Å²) < 4.78 is 31.2. The maximum atomic E-state index is 13.3. The van der Waals surface area contributed by atoms with Gasteiger partial charge in [-0.2, -0.15) is 0 Å². The number of halogens is 3. The van der Waals surface area contributed by atoms with E-state index in [0.29, 0.717) is 6.61 Å². The van der Waals surface area contributed by atoms with Gasteiger partial charge in [0, 0.05) is 10.9 Å². The summed E-state index contributed by atoms with van der Waals surface area (Å²) >= 11 is 3.01. The number of benzene rings is 1. The summed E-state index contributed by atoms with van der Waals surface area (Å²) in [5.41, 5.74) is 0.00551. The Morgan fingerprint density at radius 3 is 2.62 bits per heavy atom. The van der Waals surface area contributed by atoms with Crippen LogP contribution in [-0.2, 0) is 5.33 Å². The molecule has 0 aliphatic carbocycles. The molecule has 0 unspecified atom stereocenters. The molecule has 0 aliphatic rings. The van der Waals surface area contributed by atoms with E-state index in [0.717, 1.165) is 0 Å². The fourth-order valence-corrected chi connectivity index (χ4v) is 1.48. The van der Waals surface area contributed by atoms with Crippen LogP contribution in [0.1, 0.15) is 12.5 Å². The van der Waals surface area contributed by atoms with Gasteiger partial charge in [-0.25, -0.2) is 8.78 Å². The molecule has 1 aromatic rings. The quantitative estimate of drug-likeness (QED) is 0.749. The van der Waals surface area contributed by atoms with Crippen LogP contribution < -0.4 is 4.74 Å². The van der Waals surface area contributed by atoms with Crippen molar-refractivity contribution >= 4 is 15.9 Å². The summed E-state index contributed by atoms with van der Waals surface area (Å²) in [5.74, 6) is -1.09. The van der Waals surface area contributed by atoms with Crippen LogP contribution in [0.25, 0.3) is 0 Å². The van der Waals surface area contributed by atoms with Crippen LogP contribution in [0, 0.1) is 11.6 Å². The Bertz CT molecular complexity index is 302. The Morgan fingerprint density at radius 1 is 1.38 bits per heavy atom. The lowest BCUT2D eigenvalue weighted by atomic mass is 10.2. The first-order valence-corrected chi connectivity index (χ1v) is 4.98. The number of hydrogen-bond acceptors (Lipinski definition) is 1. The first-order valence-electron chi connectivity index (χ1n) is 3.86. The molecule has 0 saturated heterocycles. The van der Waals surface area contributed by atoms with Crippen LogP contribution in [0.15, 0.2) is 12.1 Å². The van der Waals surface area contributed by atoms with Crippen molar-refractivity contribution in [2.24, 2.45) is 0 Å². The number of hydrogen-bond donors (Lipinski definition) is 0. The Labute approximate surface area is 83.8 Å². The molecule has 0 heterocycles. The van der Waals surface area contributed by atoms with Crippen LogP contribution in [0.2, 0.25) is 0 Å². The third-order valence-electron chi connectivity index (χ3n) is 1.58. The van der Waals surface area contributed by atoms with Crippen LogP contribution >= 0.6 is 15.9 Å². The highest BCUT2D eigenvalue weighted by atomic mass is 79.9. The minimum absolute atomic E-state index is 0.00551. The van der Waals surface area contributed by atoms with Gasteiger partial charge in [0.15, 0.2) is 11.6 Å². The molecular formula is C9H9BrF2O. The smallest absolute Gasteiger partial charge is 0.172 e. The van der Waals surface area contributed by atoms with E-state index in [1.165, 1.54) is 12.1 Å². The van der Waals surface area contributed by atoms with E-state index < -0.39 is 11.6 Å². The van der Waals surface area contributed by atoms with E-state index in [-0.39, 0.29) is 16.6 Å². The molecule has 0 spiro atoms. The lowest BCUT2D eigenvalue weighted by molar-refractivity contribution is 0.319. The van der Waals surface area contributed by atoms with Crippen molar-refractivity contribution in [2.75, 3.05) is 6.61 Å². The van der Waals surface area contributed by atoms with Gasteiger partial charge in [0.25, 0.3) is 0 Å². The van der Waals surface area contributed by atoms with E-state index in [2.05, 4.69) is 15.9 Å². The molecule has 4 heteroatoms. The maximum absolute atomic E-state index is 13.3. The van der Waals surface area contributed by atoms with E-state index >= 15 is 0 Å². The first-order chi connectivity index (χ1) is 6.20. The van der Waals surface area contributed by atoms with E-state index in [9.17, 15) is 8.78 Å². The zero-order chi connectivity index (χ0) is 9.84. The topological polar surface area (TPSA) is 9.23 Å². The SMILES string of the molecule is CCOc1ccc(F)c(CBr)c1F. The summed E-state index contributed by atoms with van der Waals surface area (Å²) in [6, 6.07) is 2.49. The van der Waals surface area contributed by atoms with E-state index in [1.807, 2.05) is 0 Å². The van der Waals surface area contributed by atoms with E-state index in [1.54, 1.807) is 6.92 Å². The van der Waals surface area contributed by atoms with E-state index in [4.69, 9.17) is 4.74 Å². The second kappa shape index (κ2) is 4.56. The molecule has 0 radical (unpaired) electrons. The van der Waals surface area contributed by atoms with Crippen LogP contribution in [0.3, 0.4) is 0 Å². The molecule has 0 N–H and O–H groups in total. The van der Waals surface area contributed by atoms with Crippen LogP contribution in [-0.4, -0.2) is 6.61 Å². The molecule has 1 rings (SSSR count). The fourth-order valence-electron chi connectivity index (χ4n) is 0.966. The summed E-state index contributed by atoms with van der Waals surface area (Å²) in [7, 11) is 0. The Hall–Kier alpha value is -0.640. The van der Waals surface area contributed by atoms with Gasteiger partial charge in [0.1, 0.15) is 5.82 Å². The summed E-state index contributed by atoms with van der Waals surface area (Å²) in [6.45, 7) is 2.11. The minimum Gasteiger partial charge on any atom is -0.491 e. The monoisotopic (exact) mass is 250 g/mol. The molecular weight excluding hydrogens is 242 g/mol. The molecule has 1 aromatic carbocycles. The number of alkyl halides is 1. The molecule has 0 aliphatic heterocycles. The van der Waals surface area contributed by atoms with Crippen molar-refractivity contribution in [3.63, 3.8) is 0 Å². The maximum Gasteiger partial charge on any atom is 0.172 e. The van der Waals surface area contributed by atoms with Gasteiger partial charge in [-0.3, -0.25) is 0 Å². The standard InChI is InChI=1S/C9H9BrF2O/c1-2-13-8-4-3-7(11)6(5-10)9(8)12/h3-4H,2,5H2,1H3. The van der Waals surface area contributed by atoms with Crippen molar-refractivity contribution in [2.45, 2.75) is 12.3 Å². The summed E-state index contributed by atoms with van der Waals surface area (Å²) in [4.78, 5) is 0. The summed E-state index contributed by atoms with van der Waals surface area (Å²) in [6.07, 6.45) is 0. The molecule has 0 saturated carbocycles. The molecule has 0 amide bonds. The summed E-state index contributed by atoms with van der Waals surface area (Å²) in [5, 5.41) is 0.144. The highest BCUT2D eigenvalue weighted by molar-refractivity contribution is 9.08. The average Bonchev–Trinajstić information content (AvgIpc) is 2.11. The van der Waals surface area contributed by atoms with Gasteiger partial charge in [-0.1, -0.05) is 15.9 Å².